The maximum absolute atomic E-state index is 10.6. The van der Waals surface area contributed by atoms with Crippen LogP contribution in [0.3, 0.4) is 0 Å². The molecule has 0 aliphatic carbocycles. The molecular weight excluding hydrogens is 190 g/mol. The van der Waals surface area contributed by atoms with Crippen LogP contribution in [-0.4, -0.2) is 42.3 Å². The van der Waals surface area contributed by atoms with E-state index in [9.17, 15) is 8.42 Å². The lowest BCUT2D eigenvalue weighted by Crippen LogP contribution is -2.22. The van der Waals surface area contributed by atoms with E-state index in [1.165, 1.54) is 7.05 Å². The standard InChI is InChI=1S/C4H13NO4S2/c1-5-11(8,9)4-3-10(2,6)7/h5,8-9H,3-4H2,1-2H3. The minimum Gasteiger partial charge on any atom is -0.286 e. The zero-order valence-electron chi connectivity index (χ0n) is 6.44. The molecular formula is C4H13NO4S2. The highest BCUT2D eigenvalue weighted by Crippen LogP contribution is 2.31. The van der Waals surface area contributed by atoms with Gasteiger partial charge in [0.25, 0.3) is 0 Å². The molecule has 11 heavy (non-hydrogen) atoms. The van der Waals surface area contributed by atoms with Crippen molar-refractivity contribution in [1.29, 1.82) is 0 Å². The summed E-state index contributed by atoms with van der Waals surface area (Å²) in [4.78, 5) is 0. The smallest absolute Gasteiger partial charge is 0.149 e. The van der Waals surface area contributed by atoms with Gasteiger partial charge in [-0.25, -0.2) is 13.1 Å². The van der Waals surface area contributed by atoms with Crippen molar-refractivity contribution in [2.24, 2.45) is 0 Å². The van der Waals surface area contributed by atoms with E-state index in [-0.39, 0.29) is 11.5 Å². The van der Waals surface area contributed by atoms with Crippen LogP contribution in [-0.2, 0) is 9.84 Å². The monoisotopic (exact) mass is 203 g/mol. The van der Waals surface area contributed by atoms with Crippen molar-refractivity contribution >= 4 is 20.6 Å². The first-order valence-electron chi connectivity index (χ1n) is 2.89. The Hall–Kier alpha value is 0.180. The molecule has 0 rings (SSSR count). The van der Waals surface area contributed by atoms with E-state index in [1.807, 2.05) is 0 Å². The maximum Gasteiger partial charge on any atom is 0.149 e. The third-order valence-electron chi connectivity index (χ3n) is 1.07. The molecule has 70 valence electrons. The highest BCUT2D eigenvalue weighted by molar-refractivity contribution is 8.23. The van der Waals surface area contributed by atoms with Crippen LogP contribution in [0, 0.1) is 0 Å². The van der Waals surface area contributed by atoms with Gasteiger partial charge in [0, 0.05) is 13.3 Å². The second-order valence-corrected chi connectivity index (χ2v) is 6.61. The first-order valence-corrected chi connectivity index (χ1v) is 6.66. The molecule has 0 radical (unpaired) electrons. The third kappa shape index (κ3) is 6.57. The molecule has 0 aliphatic rings. The van der Waals surface area contributed by atoms with E-state index in [0.717, 1.165) is 6.26 Å². The second kappa shape index (κ2) is 3.72. The summed E-state index contributed by atoms with van der Waals surface area (Å²) in [6, 6.07) is 0. The zero-order chi connectivity index (χ0) is 9.12. The molecule has 0 amide bonds. The van der Waals surface area contributed by atoms with Crippen LogP contribution in [0.15, 0.2) is 0 Å². The van der Waals surface area contributed by atoms with Gasteiger partial charge in [0.15, 0.2) is 0 Å². The normalized spacial score (nSPS) is 14.9. The molecule has 0 aromatic rings. The van der Waals surface area contributed by atoms with Crippen LogP contribution in [0.4, 0.5) is 0 Å². The highest BCUT2D eigenvalue weighted by atomic mass is 32.3. The molecule has 0 aromatic carbocycles. The molecule has 0 heterocycles. The van der Waals surface area contributed by atoms with E-state index in [4.69, 9.17) is 9.11 Å². The van der Waals surface area contributed by atoms with E-state index < -0.39 is 20.6 Å². The van der Waals surface area contributed by atoms with Crippen molar-refractivity contribution in [2.45, 2.75) is 0 Å². The summed E-state index contributed by atoms with van der Waals surface area (Å²) in [7, 11) is -4.62. The maximum atomic E-state index is 10.6. The third-order valence-corrected chi connectivity index (χ3v) is 3.70. The molecule has 0 aromatic heterocycles. The van der Waals surface area contributed by atoms with Crippen LogP contribution in [0.5, 0.6) is 0 Å². The summed E-state index contributed by atoms with van der Waals surface area (Å²) in [5, 5.41) is 0. The quantitative estimate of drug-likeness (QED) is 0.594. The van der Waals surface area contributed by atoms with Gasteiger partial charge >= 0.3 is 0 Å². The van der Waals surface area contributed by atoms with Crippen LogP contribution < -0.4 is 4.72 Å². The molecule has 7 heteroatoms. The number of rotatable bonds is 4. The summed E-state index contributed by atoms with van der Waals surface area (Å²) in [6.45, 7) is 0. The number of nitrogens with one attached hydrogen (secondary N) is 1. The molecule has 0 fully saturated rings. The zero-order valence-corrected chi connectivity index (χ0v) is 8.07. The minimum atomic E-state index is -3.11. The van der Waals surface area contributed by atoms with Gasteiger partial charge in [0.05, 0.1) is 11.5 Å². The SMILES string of the molecule is CNS(O)(O)CCS(C)(=O)=O. The molecule has 0 aliphatic heterocycles. The number of hydrogen-bond acceptors (Lipinski definition) is 5. The minimum absolute atomic E-state index is 0.150. The van der Waals surface area contributed by atoms with Crippen molar-refractivity contribution in [3.63, 3.8) is 0 Å². The Balaban J connectivity index is 3.90. The number of sulfone groups is 1. The Labute approximate surface area is 68.2 Å². The predicted octanol–water partition coefficient (Wildman–Crippen LogP) is -0.0840. The molecule has 0 spiro atoms. The van der Waals surface area contributed by atoms with E-state index in [2.05, 4.69) is 4.72 Å². The summed E-state index contributed by atoms with van der Waals surface area (Å²) in [5.74, 6) is -0.363. The predicted molar refractivity (Wildman–Crippen MR) is 46.5 cm³/mol. The van der Waals surface area contributed by atoms with Gasteiger partial charge in [-0.15, -0.1) is 10.8 Å². The summed E-state index contributed by atoms with van der Waals surface area (Å²) in [6.07, 6.45) is 1.05. The van der Waals surface area contributed by atoms with Gasteiger partial charge < -0.3 is 0 Å². The molecule has 0 saturated carbocycles. The Morgan fingerprint density at radius 2 is 1.73 bits per heavy atom. The molecule has 3 N–H and O–H groups in total. The van der Waals surface area contributed by atoms with Crippen molar-refractivity contribution in [1.82, 2.24) is 4.72 Å². The molecule has 0 unspecified atom stereocenters. The summed E-state index contributed by atoms with van der Waals surface area (Å²) < 4.78 is 41.3. The van der Waals surface area contributed by atoms with Gasteiger partial charge in [0.1, 0.15) is 9.84 Å². The Kier molecular flexibility index (Phi) is 3.78. The fourth-order valence-corrected chi connectivity index (χ4v) is 2.71. The van der Waals surface area contributed by atoms with Crippen molar-refractivity contribution in [3.05, 3.63) is 0 Å². The summed E-state index contributed by atoms with van der Waals surface area (Å²) in [5.41, 5.74) is 0. The van der Waals surface area contributed by atoms with Gasteiger partial charge in [-0.2, -0.15) is 0 Å². The first kappa shape index (κ1) is 11.2. The van der Waals surface area contributed by atoms with E-state index >= 15 is 0 Å². The van der Waals surface area contributed by atoms with Crippen molar-refractivity contribution in [3.8, 4) is 0 Å². The Morgan fingerprint density at radius 3 is 2.00 bits per heavy atom. The van der Waals surface area contributed by atoms with Crippen LogP contribution in [0.2, 0.25) is 0 Å². The van der Waals surface area contributed by atoms with Gasteiger partial charge in [-0.3, -0.25) is 9.11 Å². The van der Waals surface area contributed by atoms with Gasteiger partial charge in [0.2, 0.25) is 0 Å². The fraction of sp³-hybridized carbons (Fsp3) is 1.00. The Morgan fingerprint density at radius 1 is 1.27 bits per heavy atom. The largest absolute Gasteiger partial charge is 0.286 e. The molecule has 0 saturated heterocycles. The molecule has 0 atom stereocenters. The van der Waals surface area contributed by atoms with Gasteiger partial charge in [-0.05, 0) is 0 Å². The number of hydrogen-bond donors (Lipinski definition) is 3. The Bertz CT molecular complexity index is 210. The molecule has 0 bridgehead atoms. The second-order valence-electron chi connectivity index (χ2n) is 2.20. The van der Waals surface area contributed by atoms with E-state index in [1.54, 1.807) is 0 Å². The average molecular weight is 203 g/mol. The lowest BCUT2D eigenvalue weighted by molar-refractivity contribution is 0.477. The van der Waals surface area contributed by atoms with Crippen LogP contribution >= 0.6 is 10.8 Å². The summed E-state index contributed by atoms with van der Waals surface area (Å²) >= 11 is 0. The van der Waals surface area contributed by atoms with Crippen LogP contribution in [0.1, 0.15) is 0 Å². The van der Waals surface area contributed by atoms with Crippen molar-refractivity contribution in [2.75, 3.05) is 24.8 Å². The van der Waals surface area contributed by atoms with Crippen LogP contribution in [0.25, 0.3) is 0 Å². The lowest BCUT2D eigenvalue weighted by Gasteiger charge is -2.30. The average Bonchev–Trinajstić information content (AvgIpc) is 1.83. The van der Waals surface area contributed by atoms with Gasteiger partial charge in [-0.1, -0.05) is 0 Å². The van der Waals surface area contributed by atoms with E-state index in [0.29, 0.717) is 0 Å². The molecule has 5 nitrogen and oxygen atoms in total. The highest BCUT2D eigenvalue weighted by Gasteiger charge is 2.12. The lowest BCUT2D eigenvalue weighted by atomic mass is 11.0. The fourth-order valence-electron chi connectivity index (χ4n) is 0.370. The van der Waals surface area contributed by atoms with Crippen molar-refractivity contribution < 1.29 is 17.5 Å². The first-order chi connectivity index (χ1) is 4.77. The topological polar surface area (TPSA) is 86.6 Å².